The summed E-state index contributed by atoms with van der Waals surface area (Å²) in [5.74, 6) is 0. The zero-order chi connectivity index (χ0) is 24.1. The van der Waals surface area contributed by atoms with Gasteiger partial charge in [0.1, 0.15) is 0 Å². The van der Waals surface area contributed by atoms with Gasteiger partial charge in [0.25, 0.3) is 0 Å². The largest absolute Gasteiger partial charge is 0.374 e. The Kier molecular flexibility index (Phi) is 9.14. The highest BCUT2D eigenvalue weighted by atomic mass is 16.5. The molecule has 2 aromatic rings. The highest BCUT2D eigenvalue weighted by molar-refractivity contribution is 5.41. The molecular formula is C30H46O2. The first-order valence-corrected chi connectivity index (χ1v) is 12.3. The van der Waals surface area contributed by atoms with E-state index in [-0.39, 0.29) is 10.8 Å². The molecule has 2 aromatic carbocycles. The first-order valence-electron chi connectivity index (χ1n) is 12.3. The molecule has 178 valence electrons. The minimum Gasteiger partial charge on any atom is -0.374 e. The lowest BCUT2D eigenvalue weighted by atomic mass is 9.78. The van der Waals surface area contributed by atoms with Crippen molar-refractivity contribution in [3.05, 3.63) is 68.8 Å². The standard InChI is InChI=1S/C30H46O2/c1-11-29(7,8)27-17-21(3)25(15-23(27)5)19-31-13-14-32-20-26-16-24(6)28(18-22(26)4)30(9,10)12-2/h15-18H,11-14,19-20H2,1-10H3. The molecule has 0 aromatic heterocycles. The van der Waals surface area contributed by atoms with E-state index in [1.54, 1.807) is 0 Å². The second-order valence-electron chi connectivity index (χ2n) is 10.8. The van der Waals surface area contributed by atoms with Crippen LogP contribution in [-0.2, 0) is 33.5 Å². The van der Waals surface area contributed by atoms with Crippen molar-refractivity contribution in [2.75, 3.05) is 13.2 Å². The molecule has 0 amide bonds. The summed E-state index contributed by atoms with van der Waals surface area (Å²) in [5, 5.41) is 0. The average molecular weight is 439 g/mol. The molecule has 0 N–H and O–H groups in total. The molecule has 0 aliphatic carbocycles. The Bertz CT molecular complexity index is 830. The molecule has 0 saturated carbocycles. The van der Waals surface area contributed by atoms with Gasteiger partial charge in [-0.25, -0.2) is 0 Å². The van der Waals surface area contributed by atoms with Gasteiger partial charge in [0.15, 0.2) is 0 Å². The molecule has 2 nitrogen and oxygen atoms in total. The third kappa shape index (κ3) is 6.45. The van der Waals surface area contributed by atoms with Crippen molar-refractivity contribution in [1.29, 1.82) is 0 Å². The van der Waals surface area contributed by atoms with Crippen molar-refractivity contribution in [1.82, 2.24) is 0 Å². The van der Waals surface area contributed by atoms with E-state index in [0.717, 1.165) is 12.8 Å². The zero-order valence-corrected chi connectivity index (χ0v) is 22.4. The number of ether oxygens (including phenoxy) is 2. The van der Waals surface area contributed by atoms with Crippen LogP contribution in [-0.4, -0.2) is 13.2 Å². The second kappa shape index (κ2) is 11.0. The topological polar surface area (TPSA) is 18.5 Å². The first-order chi connectivity index (χ1) is 14.9. The third-order valence-electron chi connectivity index (χ3n) is 7.48. The molecule has 0 bridgehead atoms. The Morgan fingerprint density at radius 3 is 1.22 bits per heavy atom. The van der Waals surface area contributed by atoms with Gasteiger partial charge in [-0.2, -0.15) is 0 Å². The van der Waals surface area contributed by atoms with Gasteiger partial charge >= 0.3 is 0 Å². The Hall–Kier alpha value is -1.64. The van der Waals surface area contributed by atoms with Gasteiger partial charge in [-0.15, -0.1) is 0 Å². The number of aryl methyl sites for hydroxylation is 4. The Morgan fingerprint density at radius 1 is 0.562 bits per heavy atom. The molecule has 2 rings (SSSR count). The smallest absolute Gasteiger partial charge is 0.0720 e. The van der Waals surface area contributed by atoms with Crippen LogP contribution in [0.3, 0.4) is 0 Å². The van der Waals surface area contributed by atoms with E-state index < -0.39 is 0 Å². The van der Waals surface area contributed by atoms with Crippen molar-refractivity contribution >= 4 is 0 Å². The van der Waals surface area contributed by atoms with Crippen molar-refractivity contribution in [2.24, 2.45) is 0 Å². The maximum atomic E-state index is 5.95. The highest BCUT2D eigenvalue weighted by Crippen LogP contribution is 2.32. The van der Waals surface area contributed by atoms with Crippen LogP contribution < -0.4 is 0 Å². The van der Waals surface area contributed by atoms with Crippen molar-refractivity contribution < 1.29 is 9.47 Å². The molecule has 0 radical (unpaired) electrons. The van der Waals surface area contributed by atoms with E-state index in [2.05, 4.69) is 93.5 Å². The summed E-state index contributed by atoms with van der Waals surface area (Å²) in [4.78, 5) is 0. The van der Waals surface area contributed by atoms with Gasteiger partial charge in [-0.3, -0.25) is 0 Å². The molecule has 0 unspecified atom stereocenters. The second-order valence-corrected chi connectivity index (χ2v) is 10.8. The summed E-state index contributed by atoms with van der Waals surface area (Å²) < 4.78 is 11.9. The molecule has 0 spiro atoms. The minimum atomic E-state index is 0.211. The molecule has 0 saturated heterocycles. The fraction of sp³-hybridized carbons (Fsp3) is 0.600. The molecular weight excluding hydrogens is 392 g/mol. The molecule has 2 heteroatoms. The van der Waals surface area contributed by atoms with Crippen LogP contribution in [0.4, 0.5) is 0 Å². The van der Waals surface area contributed by atoms with Crippen LogP contribution in [0.2, 0.25) is 0 Å². The van der Waals surface area contributed by atoms with Gasteiger partial charge in [0.05, 0.1) is 26.4 Å². The summed E-state index contributed by atoms with van der Waals surface area (Å²) in [6.45, 7) is 25.1. The summed E-state index contributed by atoms with van der Waals surface area (Å²) in [6.07, 6.45) is 2.27. The molecule has 32 heavy (non-hydrogen) atoms. The first kappa shape index (κ1) is 26.6. The maximum Gasteiger partial charge on any atom is 0.0720 e. The minimum absolute atomic E-state index is 0.211. The van der Waals surface area contributed by atoms with Gasteiger partial charge in [-0.05, 0) is 95.9 Å². The molecule has 0 fully saturated rings. The SMILES string of the molecule is CCC(C)(C)c1cc(C)c(COCCOCc2cc(C)c(C(C)(C)CC)cc2C)cc1C. The molecule has 0 atom stereocenters. The summed E-state index contributed by atoms with van der Waals surface area (Å²) in [6, 6.07) is 9.30. The Balaban J connectivity index is 1.87. The van der Waals surface area contributed by atoms with Crippen molar-refractivity contribution in [2.45, 2.75) is 106 Å². The normalized spacial score (nSPS) is 12.4. The molecule has 0 aliphatic heterocycles. The van der Waals surface area contributed by atoms with E-state index in [4.69, 9.17) is 9.47 Å². The fourth-order valence-electron chi connectivity index (χ4n) is 4.38. The monoisotopic (exact) mass is 438 g/mol. The van der Waals surface area contributed by atoms with Gasteiger partial charge in [-0.1, -0.05) is 65.8 Å². The van der Waals surface area contributed by atoms with Crippen LogP contribution in [0.1, 0.15) is 98.9 Å². The third-order valence-corrected chi connectivity index (χ3v) is 7.48. The van der Waals surface area contributed by atoms with E-state index in [9.17, 15) is 0 Å². The molecule has 0 heterocycles. The van der Waals surface area contributed by atoms with Crippen LogP contribution in [0.25, 0.3) is 0 Å². The highest BCUT2D eigenvalue weighted by Gasteiger charge is 2.22. The predicted octanol–water partition coefficient (Wildman–Crippen LogP) is 8.03. The van der Waals surface area contributed by atoms with E-state index >= 15 is 0 Å². The summed E-state index contributed by atoms with van der Waals surface area (Å²) in [7, 11) is 0. The van der Waals surface area contributed by atoms with Crippen LogP contribution >= 0.6 is 0 Å². The zero-order valence-electron chi connectivity index (χ0n) is 22.4. The van der Waals surface area contributed by atoms with E-state index in [0.29, 0.717) is 26.4 Å². The van der Waals surface area contributed by atoms with Gasteiger partial charge in [0.2, 0.25) is 0 Å². The van der Waals surface area contributed by atoms with Crippen LogP contribution in [0, 0.1) is 27.7 Å². The lowest BCUT2D eigenvalue weighted by molar-refractivity contribution is 0.0335. The number of hydrogen-bond acceptors (Lipinski definition) is 2. The average Bonchev–Trinajstić information content (AvgIpc) is 2.74. The van der Waals surface area contributed by atoms with Gasteiger partial charge in [0, 0.05) is 0 Å². The van der Waals surface area contributed by atoms with E-state index in [1.807, 2.05) is 0 Å². The number of benzene rings is 2. The lowest BCUT2D eigenvalue weighted by Crippen LogP contribution is -2.18. The Labute approximate surface area is 197 Å². The maximum absolute atomic E-state index is 5.95. The van der Waals surface area contributed by atoms with E-state index in [1.165, 1.54) is 44.5 Å². The lowest BCUT2D eigenvalue weighted by Gasteiger charge is -2.27. The molecule has 0 aliphatic rings. The number of rotatable bonds is 11. The van der Waals surface area contributed by atoms with Crippen LogP contribution in [0.15, 0.2) is 24.3 Å². The number of hydrogen-bond donors (Lipinski definition) is 0. The van der Waals surface area contributed by atoms with Crippen LogP contribution in [0.5, 0.6) is 0 Å². The summed E-state index contributed by atoms with van der Waals surface area (Å²) in [5.41, 5.74) is 11.2. The predicted molar refractivity (Wildman–Crippen MR) is 138 cm³/mol. The van der Waals surface area contributed by atoms with Crippen molar-refractivity contribution in [3.8, 4) is 0 Å². The van der Waals surface area contributed by atoms with Crippen molar-refractivity contribution in [3.63, 3.8) is 0 Å². The fourth-order valence-corrected chi connectivity index (χ4v) is 4.38. The Morgan fingerprint density at radius 2 is 0.906 bits per heavy atom. The summed E-state index contributed by atoms with van der Waals surface area (Å²) >= 11 is 0. The van der Waals surface area contributed by atoms with Gasteiger partial charge < -0.3 is 9.47 Å². The quantitative estimate of drug-likeness (QED) is 0.331.